The molecule has 2 N–H and O–H groups in total. The summed E-state index contributed by atoms with van der Waals surface area (Å²) < 4.78 is 12.5. The van der Waals surface area contributed by atoms with Crippen molar-refractivity contribution in [1.82, 2.24) is 15.1 Å². The van der Waals surface area contributed by atoms with E-state index in [9.17, 15) is 9.18 Å². The quantitative estimate of drug-likeness (QED) is 0.732. The molecule has 1 saturated heterocycles. The Bertz CT molecular complexity index is 346. The van der Waals surface area contributed by atoms with Gasteiger partial charge in [0, 0.05) is 25.2 Å². The summed E-state index contributed by atoms with van der Waals surface area (Å²) in [5, 5.41) is 14.8. The SMILES string of the molecule is O=C(O)c1[nH]ncc1CN1CC(F)C1. The van der Waals surface area contributed by atoms with Gasteiger partial charge in [-0.05, 0) is 0 Å². The molecule has 1 fully saturated rings. The zero-order chi connectivity index (χ0) is 10.1. The largest absolute Gasteiger partial charge is 0.477 e. The molecule has 0 aromatic carbocycles. The lowest BCUT2D eigenvalue weighted by atomic mass is 10.1. The molecule has 0 amide bonds. The number of aromatic nitrogens is 2. The van der Waals surface area contributed by atoms with Crippen LogP contribution in [0.5, 0.6) is 0 Å². The number of aromatic amines is 1. The second-order valence-electron chi connectivity index (χ2n) is 3.37. The highest BCUT2D eigenvalue weighted by atomic mass is 19.1. The highest BCUT2D eigenvalue weighted by Crippen LogP contribution is 2.16. The van der Waals surface area contributed by atoms with Crippen LogP contribution >= 0.6 is 0 Å². The molecule has 1 aliphatic rings. The van der Waals surface area contributed by atoms with Gasteiger partial charge in [0.1, 0.15) is 11.9 Å². The number of nitrogens with zero attached hydrogens (tertiary/aromatic N) is 2. The smallest absolute Gasteiger partial charge is 0.354 e. The molecule has 0 bridgehead atoms. The number of rotatable bonds is 3. The Balaban J connectivity index is 2.02. The minimum atomic E-state index is -1.03. The van der Waals surface area contributed by atoms with Gasteiger partial charge in [0.05, 0.1) is 6.20 Å². The van der Waals surface area contributed by atoms with Gasteiger partial charge in [-0.1, -0.05) is 0 Å². The highest BCUT2D eigenvalue weighted by Gasteiger charge is 2.27. The van der Waals surface area contributed by atoms with Crippen LogP contribution in [0.25, 0.3) is 0 Å². The van der Waals surface area contributed by atoms with E-state index in [1.54, 1.807) is 0 Å². The molecule has 2 heterocycles. The summed E-state index contributed by atoms with van der Waals surface area (Å²) in [6, 6.07) is 0. The molecule has 0 aliphatic carbocycles. The summed E-state index contributed by atoms with van der Waals surface area (Å²) in [4.78, 5) is 12.5. The lowest BCUT2D eigenvalue weighted by Gasteiger charge is -2.33. The normalized spacial score (nSPS) is 18.1. The zero-order valence-electron chi connectivity index (χ0n) is 7.40. The molecule has 0 atom stereocenters. The highest BCUT2D eigenvalue weighted by molar-refractivity contribution is 5.86. The third-order valence-electron chi connectivity index (χ3n) is 2.24. The number of halogens is 1. The van der Waals surface area contributed by atoms with Gasteiger partial charge in [-0.2, -0.15) is 5.10 Å². The molecule has 6 heteroatoms. The van der Waals surface area contributed by atoms with Crippen LogP contribution < -0.4 is 0 Å². The number of likely N-dealkylation sites (tertiary alicyclic amines) is 1. The van der Waals surface area contributed by atoms with Gasteiger partial charge in [-0.3, -0.25) is 10.00 Å². The van der Waals surface area contributed by atoms with Gasteiger partial charge >= 0.3 is 5.97 Å². The predicted molar refractivity (Wildman–Crippen MR) is 45.7 cm³/mol. The van der Waals surface area contributed by atoms with Crippen LogP contribution in [0.4, 0.5) is 4.39 Å². The molecule has 0 spiro atoms. The van der Waals surface area contributed by atoms with Crippen molar-refractivity contribution in [2.24, 2.45) is 0 Å². The zero-order valence-corrected chi connectivity index (χ0v) is 7.40. The summed E-state index contributed by atoms with van der Waals surface area (Å²) in [6.07, 6.45) is 0.699. The first-order valence-corrected chi connectivity index (χ1v) is 4.29. The van der Waals surface area contributed by atoms with Gasteiger partial charge in [-0.15, -0.1) is 0 Å². The summed E-state index contributed by atoms with van der Waals surface area (Å²) >= 11 is 0. The standard InChI is InChI=1S/C8H10FN3O2/c9-6-3-12(4-6)2-5-1-10-11-7(5)8(13)14/h1,6H,2-4H2,(H,10,11)(H,13,14). The van der Waals surface area contributed by atoms with Crippen LogP contribution in [0.15, 0.2) is 6.20 Å². The topological polar surface area (TPSA) is 69.2 Å². The average Bonchev–Trinajstić information content (AvgIpc) is 2.49. The van der Waals surface area contributed by atoms with E-state index in [2.05, 4.69) is 10.2 Å². The van der Waals surface area contributed by atoms with Crippen LogP contribution in [0.3, 0.4) is 0 Å². The van der Waals surface area contributed by atoms with Crippen molar-refractivity contribution < 1.29 is 14.3 Å². The van der Waals surface area contributed by atoms with Crippen LogP contribution in [0.2, 0.25) is 0 Å². The van der Waals surface area contributed by atoms with Gasteiger partial charge in [0.2, 0.25) is 0 Å². The van der Waals surface area contributed by atoms with Gasteiger partial charge < -0.3 is 5.11 Å². The Hall–Kier alpha value is -1.43. The minimum absolute atomic E-state index is 0.0901. The number of carboxylic acids is 1. The Morgan fingerprint density at radius 2 is 2.50 bits per heavy atom. The molecule has 0 unspecified atom stereocenters. The van der Waals surface area contributed by atoms with Crippen LogP contribution in [-0.4, -0.2) is 45.4 Å². The Morgan fingerprint density at radius 1 is 1.79 bits per heavy atom. The monoisotopic (exact) mass is 199 g/mol. The van der Waals surface area contributed by atoms with Crippen molar-refractivity contribution in [1.29, 1.82) is 0 Å². The average molecular weight is 199 g/mol. The first-order chi connectivity index (χ1) is 6.66. The Morgan fingerprint density at radius 3 is 3.07 bits per heavy atom. The van der Waals surface area contributed by atoms with Crippen molar-refractivity contribution in [2.75, 3.05) is 13.1 Å². The van der Waals surface area contributed by atoms with Crippen molar-refractivity contribution >= 4 is 5.97 Å². The first-order valence-electron chi connectivity index (χ1n) is 4.29. The number of hydrogen-bond acceptors (Lipinski definition) is 3. The van der Waals surface area contributed by atoms with Gasteiger partial charge in [-0.25, -0.2) is 9.18 Å². The molecule has 76 valence electrons. The van der Waals surface area contributed by atoms with E-state index < -0.39 is 12.1 Å². The first kappa shape index (κ1) is 9.14. The molecule has 14 heavy (non-hydrogen) atoms. The lowest BCUT2D eigenvalue weighted by Crippen LogP contribution is -2.47. The third kappa shape index (κ3) is 1.60. The summed E-state index contributed by atoms with van der Waals surface area (Å²) in [5.74, 6) is -1.03. The van der Waals surface area contributed by atoms with Gasteiger partial charge in [0.25, 0.3) is 0 Å². The molecule has 0 radical (unpaired) electrons. The summed E-state index contributed by atoms with van der Waals surface area (Å²) in [6.45, 7) is 1.20. The number of alkyl halides is 1. The molecule has 0 saturated carbocycles. The second kappa shape index (κ2) is 3.38. The van der Waals surface area contributed by atoms with E-state index in [1.165, 1.54) is 6.20 Å². The molecule has 1 aromatic heterocycles. The van der Waals surface area contributed by atoms with E-state index in [1.807, 2.05) is 4.90 Å². The Labute approximate surface area is 79.5 Å². The number of carbonyl (C=O) groups is 1. The fraction of sp³-hybridized carbons (Fsp3) is 0.500. The number of H-pyrrole nitrogens is 1. The summed E-state index contributed by atoms with van der Waals surface area (Å²) in [7, 11) is 0. The molecule has 1 aromatic rings. The number of hydrogen-bond donors (Lipinski definition) is 2. The molecular weight excluding hydrogens is 189 g/mol. The number of aromatic carboxylic acids is 1. The van der Waals surface area contributed by atoms with E-state index in [-0.39, 0.29) is 5.69 Å². The maximum absolute atomic E-state index is 12.5. The fourth-order valence-corrected chi connectivity index (χ4v) is 1.49. The maximum atomic E-state index is 12.5. The fourth-order valence-electron chi connectivity index (χ4n) is 1.49. The van der Waals surface area contributed by atoms with Crippen molar-refractivity contribution in [3.63, 3.8) is 0 Å². The van der Waals surface area contributed by atoms with Crippen molar-refractivity contribution in [2.45, 2.75) is 12.7 Å². The maximum Gasteiger partial charge on any atom is 0.354 e. The van der Waals surface area contributed by atoms with Crippen molar-refractivity contribution in [3.8, 4) is 0 Å². The molecular formula is C8H10FN3O2. The molecule has 5 nitrogen and oxygen atoms in total. The van der Waals surface area contributed by atoms with Crippen LogP contribution in [0, 0.1) is 0 Å². The Kier molecular flexibility index (Phi) is 2.20. The summed E-state index contributed by atoms with van der Waals surface area (Å²) in [5.41, 5.74) is 0.691. The van der Waals surface area contributed by atoms with E-state index in [0.717, 1.165) is 0 Å². The third-order valence-corrected chi connectivity index (χ3v) is 2.24. The van der Waals surface area contributed by atoms with Crippen LogP contribution in [0.1, 0.15) is 16.1 Å². The van der Waals surface area contributed by atoms with E-state index in [0.29, 0.717) is 25.2 Å². The predicted octanol–water partition coefficient (Wildman–Crippen LogP) is 0.262. The number of nitrogens with one attached hydrogen (secondary N) is 1. The molecule has 1 aliphatic heterocycles. The lowest BCUT2D eigenvalue weighted by molar-refractivity contribution is 0.0576. The van der Waals surface area contributed by atoms with E-state index >= 15 is 0 Å². The van der Waals surface area contributed by atoms with E-state index in [4.69, 9.17) is 5.11 Å². The minimum Gasteiger partial charge on any atom is -0.477 e. The number of carboxylic acid groups (broad SMARTS) is 1. The van der Waals surface area contributed by atoms with Gasteiger partial charge in [0.15, 0.2) is 0 Å². The molecule has 2 rings (SSSR count). The second-order valence-corrected chi connectivity index (χ2v) is 3.37. The van der Waals surface area contributed by atoms with Crippen molar-refractivity contribution in [3.05, 3.63) is 17.5 Å². The van der Waals surface area contributed by atoms with Crippen LogP contribution in [-0.2, 0) is 6.54 Å².